The van der Waals surface area contributed by atoms with E-state index in [1.807, 2.05) is 52.2 Å². The Morgan fingerprint density at radius 2 is 1.90 bits per heavy atom. The highest BCUT2D eigenvalue weighted by Crippen LogP contribution is 2.42. The van der Waals surface area contributed by atoms with Gasteiger partial charge in [0.2, 0.25) is 7.58 Å². The van der Waals surface area contributed by atoms with Crippen molar-refractivity contribution in [3.8, 4) is 0 Å². The Balaban J connectivity index is 0.000000365. The molecule has 13 heteroatoms. The smallest absolute Gasteiger partial charge is 0.300 e. The van der Waals surface area contributed by atoms with Crippen LogP contribution in [0, 0.1) is 6.92 Å². The SMILES string of the molecule is CC(=O)O.CCOP(S)OCC.CNC1CC1.Cc1nc2ccc(CN(C)c3ccc(C=O)s3)cc2c(=O)[nH]1. The summed E-state index contributed by atoms with van der Waals surface area (Å²) in [6, 6.07) is 10.3. The third-order valence-electron chi connectivity index (χ3n) is 4.88. The molecule has 1 fully saturated rings. The van der Waals surface area contributed by atoms with E-state index in [1.165, 1.54) is 24.2 Å². The summed E-state index contributed by atoms with van der Waals surface area (Å²) in [5.74, 6) is -0.220. The number of aromatic amines is 1. The maximum absolute atomic E-state index is 12.0. The highest BCUT2D eigenvalue weighted by atomic mass is 32.7. The van der Waals surface area contributed by atoms with Gasteiger partial charge in [0, 0.05) is 26.6 Å². The number of fused-ring (bicyclic) bond motifs is 1. The molecule has 1 aliphatic rings. The molecule has 0 saturated heterocycles. The summed E-state index contributed by atoms with van der Waals surface area (Å²) in [5, 5.41) is 12.2. The van der Waals surface area contributed by atoms with Gasteiger partial charge in [0.05, 0.1) is 34.0 Å². The van der Waals surface area contributed by atoms with E-state index in [4.69, 9.17) is 18.9 Å². The van der Waals surface area contributed by atoms with Crippen molar-refractivity contribution in [2.24, 2.45) is 0 Å². The van der Waals surface area contributed by atoms with E-state index in [0.717, 1.165) is 29.8 Å². The number of carboxylic acids is 1. The lowest BCUT2D eigenvalue weighted by atomic mass is 10.1. The molecule has 0 radical (unpaired) electrons. The first-order valence-corrected chi connectivity index (χ1v) is 15.6. The van der Waals surface area contributed by atoms with E-state index >= 15 is 0 Å². The minimum Gasteiger partial charge on any atom is -0.481 e. The molecule has 2 aromatic heterocycles. The maximum Gasteiger partial charge on any atom is 0.300 e. The summed E-state index contributed by atoms with van der Waals surface area (Å²) in [4.78, 5) is 41.6. The topological polar surface area (TPSA) is 134 Å². The van der Waals surface area contributed by atoms with Crippen LogP contribution in [0.4, 0.5) is 5.00 Å². The highest BCUT2D eigenvalue weighted by molar-refractivity contribution is 8.41. The normalized spacial score (nSPS) is 11.9. The summed E-state index contributed by atoms with van der Waals surface area (Å²) >= 11 is 5.46. The summed E-state index contributed by atoms with van der Waals surface area (Å²) < 4.78 is 9.98. The van der Waals surface area contributed by atoms with Crippen LogP contribution < -0.4 is 15.8 Å². The second-order valence-electron chi connectivity index (χ2n) is 8.31. The van der Waals surface area contributed by atoms with Gasteiger partial charge in [-0.1, -0.05) is 18.3 Å². The summed E-state index contributed by atoms with van der Waals surface area (Å²) in [7, 11) is 3.09. The van der Waals surface area contributed by atoms with Gasteiger partial charge in [-0.3, -0.25) is 14.4 Å². The predicted molar refractivity (Wildman–Crippen MR) is 163 cm³/mol. The lowest BCUT2D eigenvalue weighted by molar-refractivity contribution is -0.134. The highest BCUT2D eigenvalue weighted by Gasteiger charge is 2.17. The average Bonchev–Trinajstić information content (AvgIpc) is 3.60. The number of aliphatic carboxylic acids is 1. The van der Waals surface area contributed by atoms with Crippen LogP contribution >= 0.6 is 31.2 Å². The molecule has 3 N–H and O–H groups in total. The Hall–Kier alpha value is -2.34. The molecule has 1 aliphatic carbocycles. The minimum atomic E-state index is -0.886. The van der Waals surface area contributed by atoms with E-state index in [-0.39, 0.29) is 5.56 Å². The minimum absolute atomic E-state index is 0.119. The van der Waals surface area contributed by atoms with Crippen LogP contribution in [0.3, 0.4) is 0 Å². The van der Waals surface area contributed by atoms with E-state index in [2.05, 4.69) is 32.4 Å². The van der Waals surface area contributed by atoms with Crippen molar-refractivity contribution >= 4 is 59.3 Å². The number of thiol groups is 1. The number of hydrogen-bond donors (Lipinski definition) is 4. The molecule has 0 atom stereocenters. The molecular formula is C26H39N4O6PS2. The van der Waals surface area contributed by atoms with E-state index in [9.17, 15) is 9.59 Å². The molecule has 0 spiro atoms. The average molecular weight is 599 g/mol. The van der Waals surface area contributed by atoms with Crippen LogP contribution in [0.1, 0.15) is 54.7 Å². The van der Waals surface area contributed by atoms with Gasteiger partial charge in [-0.05, 0) is 70.5 Å². The number of benzene rings is 1. The zero-order valence-electron chi connectivity index (χ0n) is 23.3. The Morgan fingerprint density at radius 3 is 2.36 bits per heavy atom. The van der Waals surface area contributed by atoms with E-state index in [0.29, 0.717) is 41.4 Å². The number of thiophene rings is 1. The lowest BCUT2D eigenvalue weighted by Gasteiger charge is -2.17. The lowest BCUT2D eigenvalue weighted by Crippen LogP contribution is -2.16. The number of nitrogens with zero attached hydrogens (tertiary/aromatic N) is 2. The fourth-order valence-corrected chi connectivity index (χ4v) is 4.99. The number of H-pyrrole nitrogens is 1. The number of aldehydes is 1. The molecule has 2 heterocycles. The number of carbonyl (C=O) groups is 2. The van der Waals surface area contributed by atoms with E-state index in [1.54, 1.807) is 13.0 Å². The number of aryl methyl sites for hydroxylation is 1. The van der Waals surface area contributed by atoms with Crippen molar-refractivity contribution in [3.05, 3.63) is 57.0 Å². The van der Waals surface area contributed by atoms with Crippen molar-refractivity contribution in [1.29, 1.82) is 0 Å². The van der Waals surface area contributed by atoms with Crippen LogP contribution in [0.5, 0.6) is 0 Å². The summed E-state index contributed by atoms with van der Waals surface area (Å²) in [6.45, 7) is 8.70. The fourth-order valence-electron chi connectivity index (χ4n) is 2.99. The Labute approximate surface area is 240 Å². The van der Waals surface area contributed by atoms with Crippen molar-refractivity contribution in [2.75, 3.05) is 32.2 Å². The van der Waals surface area contributed by atoms with Crippen LogP contribution in [0.15, 0.2) is 35.1 Å². The first-order chi connectivity index (χ1) is 18.5. The number of rotatable bonds is 9. The first-order valence-electron chi connectivity index (χ1n) is 12.4. The standard InChI is InChI=1S/C16H15N3O2S.C4H9N.C4H11O2PS.C2H4O2/c1-10-17-14-5-3-11(7-13(14)16(21)18-10)8-19(2)15-6-4-12(9-20)22-15;1-5-4-2-3-4;1-3-5-7(8)6-4-2;1-2(3)4/h3-7,9H,8H2,1-2H3,(H,17,18,21);4-5H,2-3H2,1H3;8H,3-4H2,1-2H3;1H3,(H,3,4). The third-order valence-corrected chi connectivity index (χ3v) is 7.65. The molecule has 0 amide bonds. The van der Waals surface area contributed by atoms with Gasteiger partial charge in [0.25, 0.3) is 11.5 Å². The van der Waals surface area contributed by atoms with Gasteiger partial charge in [-0.25, -0.2) is 4.98 Å². The third kappa shape index (κ3) is 14.6. The van der Waals surface area contributed by atoms with Gasteiger partial charge in [-0.15, -0.1) is 11.3 Å². The van der Waals surface area contributed by atoms with Gasteiger partial charge >= 0.3 is 0 Å². The quantitative estimate of drug-likeness (QED) is 0.145. The second kappa shape index (κ2) is 18.9. The van der Waals surface area contributed by atoms with Gasteiger partial charge in [0.1, 0.15) is 5.82 Å². The Morgan fingerprint density at radius 1 is 1.28 bits per heavy atom. The van der Waals surface area contributed by atoms with Crippen molar-refractivity contribution in [2.45, 2.75) is 53.1 Å². The number of carbonyl (C=O) groups excluding carboxylic acids is 1. The van der Waals surface area contributed by atoms with Crippen LogP contribution in [0.2, 0.25) is 0 Å². The number of aromatic nitrogens is 2. The van der Waals surface area contributed by atoms with Crippen LogP contribution in [0.25, 0.3) is 10.9 Å². The van der Waals surface area contributed by atoms with Crippen molar-refractivity contribution < 1.29 is 23.7 Å². The monoisotopic (exact) mass is 598 g/mol. The van der Waals surface area contributed by atoms with Gasteiger partial charge in [-0.2, -0.15) is 0 Å². The Kier molecular flexibility index (Phi) is 16.8. The molecule has 1 saturated carbocycles. The summed E-state index contributed by atoms with van der Waals surface area (Å²) in [6.07, 6.45) is 3.65. The molecule has 0 unspecified atom stereocenters. The predicted octanol–water partition coefficient (Wildman–Crippen LogP) is 5.42. The molecule has 216 valence electrons. The molecule has 0 aliphatic heterocycles. The number of anilines is 1. The summed E-state index contributed by atoms with van der Waals surface area (Å²) in [5.41, 5.74) is 1.60. The van der Waals surface area contributed by atoms with Gasteiger partial charge in [0.15, 0.2) is 6.29 Å². The first kappa shape index (κ1) is 34.7. The molecule has 1 aromatic carbocycles. The van der Waals surface area contributed by atoms with Crippen molar-refractivity contribution in [3.63, 3.8) is 0 Å². The molecule has 4 rings (SSSR count). The van der Waals surface area contributed by atoms with Crippen molar-refractivity contribution in [1.82, 2.24) is 15.3 Å². The molecule has 39 heavy (non-hydrogen) atoms. The van der Waals surface area contributed by atoms with Crippen LogP contribution in [-0.2, 0) is 20.4 Å². The number of nitrogens with one attached hydrogen (secondary N) is 2. The maximum atomic E-state index is 12.0. The van der Waals surface area contributed by atoms with E-state index < -0.39 is 13.5 Å². The Bertz CT molecular complexity index is 1210. The molecular weight excluding hydrogens is 559 g/mol. The second-order valence-corrected chi connectivity index (χ2v) is 11.4. The zero-order chi connectivity index (χ0) is 29.4. The fraction of sp³-hybridized carbons (Fsp3) is 0.462. The number of carboxylic acid groups (broad SMARTS) is 1. The van der Waals surface area contributed by atoms with Gasteiger partial charge < -0.3 is 29.4 Å². The number of hydrogen-bond acceptors (Lipinski definition) is 10. The molecule has 3 aromatic rings. The van der Waals surface area contributed by atoms with Crippen LogP contribution in [-0.4, -0.2) is 60.7 Å². The zero-order valence-corrected chi connectivity index (χ0v) is 25.9. The molecule has 10 nitrogen and oxygen atoms in total. The largest absolute Gasteiger partial charge is 0.481 e. The molecule has 0 bridgehead atoms.